The van der Waals surface area contributed by atoms with E-state index < -0.39 is 4.92 Å². The number of likely N-dealkylation sites (N-methyl/N-ethyl adjacent to an activating group) is 1. The van der Waals surface area contributed by atoms with Crippen LogP contribution < -0.4 is 14.4 Å². The molecule has 0 aromatic heterocycles. The van der Waals surface area contributed by atoms with E-state index in [0.717, 1.165) is 17.5 Å². The second-order valence-electron chi connectivity index (χ2n) is 8.17. The molecule has 0 saturated heterocycles. The van der Waals surface area contributed by atoms with Crippen LogP contribution in [0, 0.1) is 10.1 Å². The summed E-state index contributed by atoms with van der Waals surface area (Å²) in [6.45, 7) is 0.892. The quantitative estimate of drug-likeness (QED) is 0.387. The zero-order chi connectivity index (χ0) is 24.2. The molecule has 176 valence electrons. The molecule has 1 amide bonds. The van der Waals surface area contributed by atoms with Gasteiger partial charge in [0.25, 0.3) is 5.69 Å². The van der Waals surface area contributed by atoms with E-state index in [2.05, 4.69) is 17.0 Å². The number of hydrogen-bond acceptors (Lipinski definition) is 6. The van der Waals surface area contributed by atoms with Gasteiger partial charge in [-0.25, -0.2) is 0 Å². The summed E-state index contributed by atoms with van der Waals surface area (Å²) in [5.41, 5.74) is 3.93. The first-order valence-corrected chi connectivity index (χ1v) is 11.0. The molecule has 0 N–H and O–H groups in total. The van der Waals surface area contributed by atoms with E-state index in [1.54, 1.807) is 33.4 Å². The average Bonchev–Trinajstić information content (AvgIpc) is 2.87. The van der Waals surface area contributed by atoms with Gasteiger partial charge in [0.15, 0.2) is 11.5 Å². The Hall–Kier alpha value is -3.91. The van der Waals surface area contributed by atoms with Crippen LogP contribution in [-0.4, -0.2) is 50.1 Å². The summed E-state index contributed by atoms with van der Waals surface area (Å²) in [4.78, 5) is 27.4. The number of nitro benzene ring substituents is 1. The molecule has 34 heavy (non-hydrogen) atoms. The summed E-state index contributed by atoms with van der Waals surface area (Å²) < 4.78 is 11.1. The van der Waals surface area contributed by atoms with Crippen LogP contribution in [0.1, 0.15) is 22.7 Å². The minimum atomic E-state index is -0.454. The van der Waals surface area contributed by atoms with Crippen molar-refractivity contribution in [2.75, 3.05) is 39.3 Å². The summed E-state index contributed by atoms with van der Waals surface area (Å²) in [6, 6.07) is 20.0. The molecule has 0 aliphatic carbocycles. The maximum Gasteiger partial charge on any atom is 0.269 e. The van der Waals surface area contributed by atoms with Crippen molar-refractivity contribution in [3.05, 3.63) is 93.5 Å². The van der Waals surface area contributed by atoms with Gasteiger partial charge >= 0.3 is 0 Å². The Balaban J connectivity index is 1.64. The second-order valence-corrected chi connectivity index (χ2v) is 8.17. The molecule has 0 spiro atoms. The van der Waals surface area contributed by atoms with E-state index in [9.17, 15) is 14.9 Å². The van der Waals surface area contributed by atoms with Crippen LogP contribution in [0.2, 0.25) is 0 Å². The molecule has 0 bridgehead atoms. The van der Waals surface area contributed by atoms with Crippen LogP contribution in [0.3, 0.4) is 0 Å². The standard InChI is InChI=1S/C26H27N3O5/c1-27(20-9-11-21(12-10-20)29(31)32)25(30)17-28-14-13-19-15-23(33-2)24(34-3)16-22(19)26(28)18-7-5-4-6-8-18/h4-12,15-16,26H,13-14,17H2,1-3H3/t26-/m0/s1. The Labute approximate surface area is 198 Å². The number of amides is 1. The Morgan fingerprint density at radius 2 is 1.71 bits per heavy atom. The summed E-state index contributed by atoms with van der Waals surface area (Å²) in [7, 11) is 4.93. The van der Waals surface area contributed by atoms with Crippen LogP contribution in [-0.2, 0) is 11.2 Å². The van der Waals surface area contributed by atoms with Gasteiger partial charge in [0.1, 0.15) is 0 Å². The summed E-state index contributed by atoms with van der Waals surface area (Å²) in [5.74, 6) is 1.24. The summed E-state index contributed by atoms with van der Waals surface area (Å²) in [5, 5.41) is 10.9. The highest BCUT2D eigenvalue weighted by Gasteiger charge is 2.32. The molecule has 3 aromatic rings. The van der Waals surface area contributed by atoms with Gasteiger partial charge in [-0.1, -0.05) is 30.3 Å². The van der Waals surface area contributed by atoms with Gasteiger partial charge < -0.3 is 14.4 Å². The number of nitro groups is 1. The third-order valence-corrected chi connectivity index (χ3v) is 6.25. The molecule has 1 heterocycles. The van der Waals surface area contributed by atoms with Crippen LogP contribution in [0.15, 0.2) is 66.7 Å². The minimum absolute atomic E-state index is 0.00856. The average molecular weight is 462 g/mol. The molecular weight excluding hydrogens is 434 g/mol. The molecule has 4 rings (SSSR count). The molecule has 1 atom stereocenters. The number of non-ortho nitro benzene ring substituents is 1. The molecule has 8 heteroatoms. The summed E-state index contributed by atoms with van der Waals surface area (Å²) >= 11 is 0. The van der Waals surface area contributed by atoms with Gasteiger partial charge in [0.2, 0.25) is 5.91 Å². The fraction of sp³-hybridized carbons (Fsp3) is 0.269. The Bertz CT molecular complexity index is 1180. The van der Waals surface area contributed by atoms with Crippen LogP contribution in [0.4, 0.5) is 11.4 Å². The van der Waals surface area contributed by atoms with E-state index in [-0.39, 0.29) is 24.2 Å². The van der Waals surface area contributed by atoms with Gasteiger partial charge in [-0.2, -0.15) is 0 Å². The highest BCUT2D eigenvalue weighted by atomic mass is 16.6. The molecule has 1 aliphatic heterocycles. The van der Waals surface area contributed by atoms with Crippen molar-refractivity contribution >= 4 is 17.3 Å². The van der Waals surface area contributed by atoms with Gasteiger partial charge in [0, 0.05) is 31.4 Å². The van der Waals surface area contributed by atoms with Gasteiger partial charge in [-0.15, -0.1) is 0 Å². The SMILES string of the molecule is COc1cc2c(cc1OC)[C@H](c1ccccc1)N(CC(=O)N(C)c1ccc([N+](=O)[O-])cc1)CC2. The Morgan fingerprint density at radius 3 is 2.32 bits per heavy atom. The van der Waals surface area contributed by atoms with Crippen molar-refractivity contribution in [1.82, 2.24) is 4.90 Å². The second kappa shape index (κ2) is 9.93. The maximum atomic E-state index is 13.2. The number of carbonyl (C=O) groups excluding carboxylic acids is 1. The topological polar surface area (TPSA) is 85.2 Å². The van der Waals surface area contributed by atoms with Gasteiger partial charge in [0.05, 0.1) is 31.7 Å². The third-order valence-electron chi connectivity index (χ3n) is 6.25. The Morgan fingerprint density at radius 1 is 1.06 bits per heavy atom. The number of benzene rings is 3. The molecule has 3 aromatic carbocycles. The number of nitrogens with zero attached hydrogens (tertiary/aromatic N) is 3. The lowest BCUT2D eigenvalue weighted by Gasteiger charge is -2.38. The first-order chi connectivity index (χ1) is 16.4. The molecule has 0 unspecified atom stereocenters. The number of ether oxygens (including phenoxy) is 2. The number of rotatable bonds is 7. The van der Waals surface area contributed by atoms with Crippen LogP contribution >= 0.6 is 0 Å². The normalized spacial score (nSPS) is 15.3. The lowest BCUT2D eigenvalue weighted by atomic mass is 9.87. The molecule has 0 fully saturated rings. The fourth-order valence-electron chi connectivity index (χ4n) is 4.42. The Kier molecular flexibility index (Phi) is 6.79. The van der Waals surface area contributed by atoms with E-state index in [1.165, 1.54) is 22.6 Å². The van der Waals surface area contributed by atoms with Gasteiger partial charge in [-0.05, 0) is 47.4 Å². The lowest BCUT2D eigenvalue weighted by molar-refractivity contribution is -0.384. The molecule has 8 nitrogen and oxygen atoms in total. The van der Waals surface area contributed by atoms with Crippen LogP contribution in [0.25, 0.3) is 0 Å². The minimum Gasteiger partial charge on any atom is -0.493 e. The highest BCUT2D eigenvalue weighted by Crippen LogP contribution is 2.41. The molecular formula is C26H27N3O5. The van der Waals surface area contributed by atoms with E-state index in [0.29, 0.717) is 23.7 Å². The number of anilines is 1. The number of methoxy groups -OCH3 is 2. The van der Waals surface area contributed by atoms with Crippen molar-refractivity contribution in [3.8, 4) is 11.5 Å². The molecule has 0 saturated carbocycles. The zero-order valence-corrected chi connectivity index (χ0v) is 19.4. The number of fused-ring (bicyclic) bond motifs is 1. The summed E-state index contributed by atoms with van der Waals surface area (Å²) in [6.07, 6.45) is 0.771. The van der Waals surface area contributed by atoms with Crippen molar-refractivity contribution in [1.29, 1.82) is 0 Å². The van der Waals surface area contributed by atoms with E-state index in [1.807, 2.05) is 30.3 Å². The van der Waals surface area contributed by atoms with Crippen LogP contribution in [0.5, 0.6) is 11.5 Å². The zero-order valence-electron chi connectivity index (χ0n) is 19.4. The monoisotopic (exact) mass is 461 g/mol. The number of carbonyl (C=O) groups is 1. The van der Waals surface area contributed by atoms with Crippen molar-refractivity contribution in [2.24, 2.45) is 0 Å². The van der Waals surface area contributed by atoms with E-state index in [4.69, 9.17) is 9.47 Å². The largest absolute Gasteiger partial charge is 0.493 e. The smallest absolute Gasteiger partial charge is 0.269 e. The highest BCUT2D eigenvalue weighted by molar-refractivity contribution is 5.94. The first-order valence-electron chi connectivity index (χ1n) is 11.0. The number of hydrogen-bond donors (Lipinski definition) is 0. The van der Waals surface area contributed by atoms with Crippen molar-refractivity contribution in [3.63, 3.8) is 0 Å². The van der Waals surface area contributed by atoms with Crippen molar-refractivity contribution in [2.45, 2.75) is 12.5 Å². The molecule has 0 radical (unpaired) electrons. The predicted molar refractivity (Wildman–Crippen MR) is 130 cm³/mol. The molecule has 1 aliphatic rings. The third kappa shape index (κ3) is 4.58. The van der Waals surface area contributed by atoms with E-state index >= 15 is 0 Å². The van der Waals surface area contributed by atoms with Crippen molar-refractivity contribution < 1.29 is 19.2 Å². The fourth-order valence-corrected chi connectivity index (χ4v) is 4.42. The lowest BCUT2D eigenvalue weighted by Crippen LogP contribution is -2.43. The predicted octanol–water partition coefficient (Wildman–Crippen LogP) is 4.22. The van der Waals surface area contributed by atoms with Gasteiger partial charge in [-0.3, -0.25) is 19.8 Å². The maximum absolute atomic E-state index is 13.2. The first kappa shape index (κ1) is 23.3.